The Kier molecular flexibility index (Phi) is 7.18. The highest BCUT2D eigenvalue weighted by Crippen LogP contribution is 2.28. The fraction of sp³-hybridized carbons (Fsp3) is 0.250. The van der Waals surface area contributed by atoms with Gasteiger partial charge in [0.05, 0.1) is 23.8 Å². The predicted molar refractivity (Wildman–Crippen MR) is 108 cm³/mol. The quantitative estimate of drug-likeness (QED) is 0.374. The molecule has 2 unspecified atom stereocenters. The van der Waals surface area contributed by atoms with E-state index in [1.807, 2.05) is 6.07 Å². The molecule has 2 atom stereocenters. The molecule has 2 amide bonds. The van der Waals surface area contributed by atoms with Gasteiger partial charge in [0.15, 0.2) is 0 Å². The number of nitrogens with one attached hydrogen (secondary N) is 1. The summed E-state index contributed by atoms with van der Waals surface area (Å²) in [6.07, 6.45) is -1.17. The molecule has 0 bridgehead atoms. The molecule has 0 spiro atoms. The lowest BCUT2D eigenvalue weighted by molar-refractivity contribution is -0.131. The van der Waals surface area contributed by atoms with Crippen LogP contribution in [-0.2, 0) is 4.79 Å². The Balaban J connectivity index is 2.25. The minimum atomic E-state index is -1.22. The van der Waals surface area contributed by atoms with Gasteiger partial charge in [0, 0.05) is 11.3 Å². The van der Waals surface area contributed by atoms with Gasteiger partial charge < -0.3 is 15.2 Å². The van der Waals surface area contributed by atoms with Crippen LogP contribution in [0.5, 0.6) is 5.75 Å². The van der Waals surface area contributed by atoms with Crippen molar-refractivity contribution in [2.24, 2.45) is 5.84 Å². The van der Waals surface area contributed by atoms with Crippen molar-refractivity contribution in [1.82, 2.24) is 5.01 Å². The molecule has 0 saturated carbocycles. The SMILES string of the molecule is COc1ccc(C(=O)N(N)C(=O)C(Nc2ccc(C#N)c(Cl)c2C)C(C)O)cc1. The Hall–Kier alpha value is -3.12. The molecule has 2 rings (SSSR count). The Labute approximate surface area is 173 Å². The Morgan fingerprint density at radius 1 is 1.28 bits per heavy atom. The number of aliphatic hydroxyl groups excluding tert-OH is 1. The molecule has 0 aliphatic rings. The zero-order valence-electron chi connectivity index (χ0n) is 16.1. The molecule has 0 aliphatic heterocycles. The van der Waals surface area contributed by atoms with Crippen molar-refractivity contribution in [3.05, 3.63) is 58.1 Å². The van der Waals surface area contributed by atoms with Gasteiger partial charge in [-0.25, -0.2) is 10.9 Å². The van der Waals surface area contributed by atoms with Crippen molar-refractivity contribution >= 4 is 29.1 Å². The molecule has 2 aromatic carbocycles. The summed E-state index contributed by atoms with van der Waals surface area (Å²) in [5.41, 5.74) is 1.42. The molecule has 0 aliphatic carbocycles. The number of carbonyl (C=O) groups is 2. The van der Waals surface area contributed by atoms with E-state index in [0.717, 1.165) is 0 Å². The first-order valence-corrected chi connectivity index (χ1v) is 8.99. The Morgan fingerprint density at radius 3 is 2.41 bits per heavy atom. The lowest BCUT2D eigenvalue weighted by Crippen LogP contribution is -2.53. The van der Waals surface area contributed by atoms with Gasteiger partial charge in [0.25, 0.3) is 11.8 Å². The molecular weight excluding hydrogens is 396 g/mol. The number of halogens is 1. The van der Waals surface area contributed by atoms with E-state index in [-0.39, 0.29) is 16.1 Å². The number of hydrazine groups is 1. The third kappa shape index (κ3) is 4.84. The van der Waals surface area contributed by atoms with E-state index in [2.05, 4.69) is 5.32 Å². The molecule has 8 nitrogen and oxygen atoms in total. The number of amides is 2. The number of nitrogens with zero attached hydrogens (tertiary/aromatic N) is 2. The summed E-state index contributed by atoms with van der Waals surface area (Å²) in [4.78, 5) is 25.3. The van der Waals surface area contributed by atoms with Crippen LogP contribution in [0.4, 0.5) is 5.69 Å². The van der Waals surface area contributed by atoms with E-state index >= 15 is 0 Å². The number of aliphatic hydroxyl groups is 1. The summed E-state index contributed by atoms with van der Waals surface area (Å²) in [6.45, 7) is 3.06. The van der Waals surface area contributed by atoms with Crippen LogP contribution in [0.15, 0.2) is 36.4 Å². The number of rotatable bonds is 6. The second kappa shape index (κ2) is 9.39. The topological polar surface area (TPSA) is 129 Å². The van der Waals surface area contributed by atoms with E-state index in [4.69, 9.17) is 27.4 Å². The van der Waals surface area contributed by atoms with Crippen LogP contribution in [0.25, 0.3) is 0 Å². The van der Waals surface area contributed by atoms with Crippen LogP contribution in [0.1, 0.15) is 28.4 Å². The predicted octanol–water partition coefficient (Wildman–Crippen LogP) is 2.23. The number of ether oxygens (including phenoxy) is 1. The molecule has 29 heavy (non-hydrogen) atoms. The van der Waals surface area contributed by atoms with Crippen LogP contribution < -0.4 is 15.9 Å². The average molecular weight is 417 g/mol. The fourth-order valence-electron chi connectivity index (χ4n) is 2.61. The van der Waals surface area contributed by atoms with E-state index < -0.39 is 24.0 Å². The van der Waals surface area contributed by atoms with Crippen LogP contribution in [0.2, 0.25) is 5.02 Å². The lowest BCUT2D eigenvalue weighted by atomic mass is 10.1. The number of carbonyl (C=O) groups excluding carboxylic acids is 2. The third-order valence-corrected chi connectivity index (χ3v) is 4.85. The fourth-order valence-corrected chi connectivity index (χ4v) is 2.81. The van der Waals surface area contributed by atoms with E-state index in [0.29, 0.717) is 22.0 Å². The zero-order valence-corrected chi connectivity index (χ0v) is 16.9. The molecule has 9 heteroatoms. The molecule has 2 aromatic rings. The van der Waals surface area contributed by atoms with E-state index in [9.17, 15) is 14.7 Å². The smallest absolute Gasteiger partial charge is 0.274 e. The summed E-state index contributed by atoms with van der Waals surface area (Å²) in [7, 11) is 1.49. The summed E-state index contributed by atoms with van der Waals surface area (Å²) < 4.78 is 5.03. The van der Waals surface area contributed by atoms with Gasteiger partial charge in [0.2, 0.25) is 0 Å². The average Bonchev–Trinajstić information content (AvgIpc) is 2.73. The van der Waals surface area contributed by atoms with Crippen LogP contribution in [-0.4, -0.2) is 41.2 Å². The first-order chi connectivity index (χ1) is 13.7. The monoisotopic (exact) mass is 416 g/mol. The normalized spacial score (nSPS) is 12.4. The maximum absolute atomic E-state index is 12.8. The van der Waals surface area contributed by atoms with Crippen molar-refractivity contribution in [1.29, 1.82) is 5.26 Å². The van der Waals surface area contributed by atoms with Crippen molar-refractivity contribution in [3.63, 3.8) is 0 Å². The van der Waals surface area contributed by atoms with Crippen molar-refractivity contribution in [2.75, 3.05) is 12.4 Å². The van der Waals surface area contributed by atoms with Gasteiger partial charge in [-0.2, -0.15) is 5.26 Å². The van der Waals surface area contributed by atoms with Gasteiger partial charge in [-0.15, -0.1) is 0 Å². The molecule has 152 valence electrons. The Bertz CT molecular complexity index is 954. The maximum Gasteiger partial charge on any atom is 0.274 e. The molecule has 0 radical (unpaired) electrons. The minimum Gasteiger partial charge on any atom is -0.497 e. The summed E-state index contributed by atoms with van der Waals surface area (Å²) in [6, 6.07) is 9.89. The molecule has 0 heterocycles. The van der Waals surface area contributed by atoms with Gasteiger partial charge >= 0.3 is 0 Å². The number of hydrogen-bond donors (Lipinski definition) is 3. The number of nitriles is 1. The largest absolute Gasteiger partial charge is 0.497 e. The van der Waals surface area contributed by atoms with Gasteiger partial charge in [0.1, 0.15) is 17.9 Å². The summed E-state index contributed by atoms with van der Waals surface area (Å²) in [5, 5.41) is 22.7. The van der Waals surface area contributed by atoms with E-state index in [1.54, 1.807) is 25.1 Å². The van der Waals surface area contributed by atoms with Gasteiger partial charge in [-0.3, -0.25) is 9.59 Å². The summed E-state index contributed by atoms with van der Waals surface area (Å²) >= 11 is 6.15. The van der Waals surface area contributed by atoms with E-state index in [1.165, 1.54) is 32.2 Å². The molecular formula is C20H21ClN4O4. The number of hydrogen-bond acceptors (Lipinski definition) is 7. The van der Waals surface area contributed by atoms with Crippen LogP contribution in [0, 0.1) is 18.3 Å². The first-order valence-electron chi connectivity index (χ1n) is 8.62. The van der Waals surface area contributed by atoms with Gasteiger partial charge in [-0.1, -0.05) is 11.6 Å². The van der Waals surface area contributed by atoms with Crippen LogP contribution >= 0.6 is 11.6 Å². The number of methoxy groups -OCH3 is 1. The van der Waals surface area contributed by atoms with Crippen molar-refractivity contribution in [2.45, 2.75) is 26.0 Å². The number of nitrogens with two attached hydrogens (primary N) is 1. The highest BCUT2D eigenvalue weighted by molar-refractivity contribution is 6.32. The van der Waals surface area contributed by atoms with Gasteiger partial charge in [-0.05, 0) is 55.8 Å². The first kappa shape index (κ1) is 22.2. The molecule has 4 N–H and O–H groups in total. The molecule has 0 aromatic heterocycles. The highest BCUT2D eigenvalue weighted by atomic mass is 35.5. The standard InChI is InChI=1S/C20H21ClN4O4/c1-11-16(9-6-14(10-22)17(11)21)24-18(12(2)26)20(28)25(23)19(27)13-4-7-15(29-3)8-5-13/h4-9,12,18,24,26H,23H2,1-3H3. The minimum absolute atomic E-state index is 0.184. The number of benzene rings is 2. The second-order valence-corrected chi connectivity index (χ2v) is 6.69. The van der Waals surface area contributed by atoms with Crippen molar-refractivity contribution in [3.8, 4) is 11.8 Å². The maximum atomic E-state index is 12.8. The molecule has 0 fully saturated rings. The van der Waals surface area contributed by atoms with Crippen molar-refractivity contribution < 1.29 is 19.4 Å². The lowest BCUT2D eigenvalue weighted by Gasteiger charge is -2.26. The second-order valence-electron chi connectivity index (χ2n) is 6.32. The Morgan fingerprint density at radius 2 is 1.90 bits per heavy atom. The highest BCUT2D eigenvalue weighted by Gasteiger charge is 2.31. The number of imide groups is 1. The third-order valence-electron chi connectivity index (χ3n) is 4.36. The van der Waals surface area contributed by atoms with Crippen LogP contribution in [0.3, 0.4) is 0 Å². The molecule has 0 saturated heterocycles. The zero-order chi connectivity index (χ0) is 21.7. The summed E-state index contributed by atoms with van der Waals surface area (Å²) in [5.74, 6) is 4.73. The number of anilines is 1.